The molecule has 0 unspecified atom stereocenters. The van der Waals surface area contributed by atoms with E-state index in [0.717, 1.165) is 44.4 Å². The molecule has 0 bridgehead atoms. The van der Waals surface area contributed by atoms with Gasteiger partial charge >= 0.3 is 0 Å². The van der Waals surface area contributed by atoms with E-state index in [9.17, 15) is 0 Å². The molecule has 0 fully saturated rings. The number of rotatable bonds is 6. The number of aromatic nitrogens is 3. The van der Waals surface area contributed by atoms with E-state index in [1.54, 1.807) is 25.2 Å². The molecule has 5 rings (SSSR count). The van der Waals surface area contributed by atoms with E-state index in [2.05, 4.69) is 73.1 Å². The topological polar surface area (TPSA) is 39.9 Å². The van der Waals surface area contributed by atoms with Gasteiger partial charge in [0.05, 0.1) is 18.2 Å². The van der Waals surface area contributed by atoms with E-state index in [4.69, 9.17) is 14.7 Å². The maximum atomic E-state index is 5.65. The zero-order valence-corrected chi connectivity index (χ0v) is 19.8. The minimum absolute atomic E-state index is 0.803. The number of hydrogen-bond acceptors (Lipinski definition) is 4. The van der Waals surface area contributed by atoms with Crippen LogP contribution >= 0.6 is 11.8 Å². The first-order valence-electron chi connectivity index (χ1n) is 10.9. The predicted molar refractivity (Wildman–Crippen MR) is 136 cm³/mol. The standard InChI is InChI=1S/C28H25N3OS/c1-19-13-14-20(2)22(15-19)17-33-28-26-23(21-9-5-4-6-10-21)16-31(27(26)29-18-30-28)24-11-7-8-12-25(24)32-3/h4-16,18H,17H2,1-3H3. The van der Waals surface area contributed by atoms with E-state index in [1.807, 2.05) is 24.3 Å². The van der Waals surface area contributed by atoms with Gasteiger partial charge in [-0.3, -0.25) is 4.57 Å². The van der Waals surface area contributed by atoms with Gasteiger partial charge in [0.25, 0.3) is 0 Å². The van der Waals surface area contributed by atoms with Crippen LogP contribution in [0.1, 0.15) is 16.7 Å². The zero-order valence-electron chi connectivity index (χ0n) is 18.9. The van der Waals surface area contributed by atoms with Crippen LogP contribution < -0.4 is 4.74 Å². The molecule has 5 aromatic rings. The Bertz CT molecular complexity index is 1430. The van der Waals surface area contributed by atoms with Crippen LogP contribution in [0.5, 0.6) is 5.75 Å². The van der Waals surface area contributed by atoms with Crippen molar-refractivity contribution < 1.29 is 4.74 Å². The van der Waals surface area contributed by atoms with E-state index < -0.39 is 0 Å². The molecule has 5 heteroatoms. The minimum Gasteiger partial charge on any atom is -0.495 e. The Morgan fingerprint density at radius 1 is 0.909 bits per heavy atom. The molecule has 3 aromatic carbocycles. The highest BCUT2D eigenvalue weighted by Gasteiger charge is 2.19. The number of methoxy groups -OCH3 is 1. The van der Waals surface area contributed by atoms with Crippen molar-refractivity contribution in [3.8, 4) is 22.6 Å². The number of ether oxygens (including phenoxy) is 1. The summed E-state index contributed by atoms with van der Waals surface area (Å²) in [6.07, 6.45) is 3.81. The Kier molecular flexibility index (Phi) is 5.88. The number of fused-ring (bicyclic) bond motifs is 1. The second-order valence-electron chi connectivity index (χ2n) is 8.05. The average Bonchev–Trinajstić information content (AvgIpc) is 3.25. The van der Waals surface area contributed by atoms with Crippen LogP contribution in [0.4, 0.5) is 0 Å². The van der Waals surface area contributed by atoms with Gasteiger partial charge in [-0.2, -0.15) is 0 Å². The van der Waals surface area contributed by atoms with Crippen molar-refractivity contribution >= 4 is 22.8 Å². The number of benzene rings is 3. The second-order valence-corrected chi connectivity index (χ2v) is 9.01. The van der Waals surface area contributed by atoms with Crippen molar-refractivity contribution in [1.29, 1.82) is 0 Å². The molecular weight excluding hydrogens is 426 g/mol. The van der Waals surface area contributed by atoms with Crippen LogP contribution in [0, 0.1) is 13.8 Å². The molecule has 0 spiro atoms. The maximum absolute atomic E-state index is 5.65. The Hall–Kier alpha value is -3.57. The number of nitrogens with zero attached hydrogens (tertiary/aromatic N) is 3. The lowest BCUT2D eigenvalue weighted by Gasteiger charge is -2.10. The molecule has 0 aliphatic heterocycles. The molecule has 2 heterocycles. The van der Waals surface area contributed by atoms with E-state index >= 15 is 0 Å². The molecule has 4 nitrogen and oxygen atoms in total. The molecule has 0 atom stereocenters. The van der Waals surface area contributed by atoms with Crippen molar-refractivity contribution in [2.45, 2.75) is 24.6 Å². The van der Waals surface area contributed by atoms with Gasteiger partial charge in [0.1, 0.15) is 22.7 Å². The van der Waals surface area contributed by atoms with Crippen LogP contribution in [0.2, 0.25) is 0 Å². The fraction of sp³-hybridized carbons (Fsp3) is 0.143. The maximum Gasteiger partial charge on any atom is 0.149 e. The zero-order chi connectivity index (χ0) is 22.8. The SMILES string of the molecule is COc1ccccc1-n1cc(-c2ccccc2)c2c(SCc3cc(C)ccc3C)ncnc21. The highest BCUT2D eigenvalue weighted by molar-refractivity contribution is 7.98. The summed E-state index contributed by atoms with van der Waals surface area (Å²) >= 11 is 1.76. The van der Waals surface area contributed by atoms with Gasteiger partial charge in [-0.05, 0) is 42.7 Å². The van der Waals surface area contributed by atoms with Gasteiger partial charge in [0, 0.05) is 17.5 Å². The van der Waals surface area contributed by atoms with Crippen molar-refractivity contribution in [1.82, 2.24) is 14.5 Å². The number of hydrogen-bond donors (Lipinski definition) is 0. The molecule has 0 aliphatic rings. The van der Waals surface area contributed by atoms with Gasteiger partial charge < -0.3 is 4.74 Å². The lowest BCUT2D eigenvalue weighted by atomic mass is 10.1. The summed E-state index contributed by atoms with van der Waals surface area (Å²) < 4.78 is 7.77. The largest absolute Gasteiger partial charge is 0.495 e. The number of thioether (sulfide) groups is 1. The summed E-state index contributed by atoms with van der Waals surface area (Å²) in [6.45, 7) is 4.30. The lowest BCUT2D eigenvalue weighted by Crippen LogP contribution is -1.98. The average molecular weight is 452 g/mol. The van der Waals surface area contributed by atoms with Crippen molar-refractivity contribution in [3.05, 3.63) is 102 Å². The first-order chi connectivity index (χ1) is 16.2. The van der Waals surface area contributed by atoms with Crippen LogP contribution in [-0.2, 0) is 5.75 Å². The summed E-state index contributed by atoms with van der Waals surface area (Å²) in [4.78, 5) is 9.43. The van der Waals surface area contributed by atoms with Crippen molar-refractivity contribution in [3.63, 3.8) is 0 Å². The lowest BCUT2D eigenvalue weighted by molar-refractivity contribution is 0.413. The summed E-state index contributed by atoms with van der Waals surface area (Å²) in [5.41, 5.74) is 7.98. The third-order valence-electron chi connectivity index (χ3n) is 5.85. The first-order valence-corrected chi connectivity index (χ1v) is 11.9. The Balaban J connectivity index is 1.68. The third kappa shape index (κ3) is 4.12. The van der Waals surface area contributed by atoms with E-state index in [1.165, 1.54) is 16.7 Å². The van der Waals surface area contributed by atoms with Crippen molar-refractivity contribution in [2.75, 3.05) is 7.11 Å². The van der Waals surface area contributed by atoms with Crippen LogP contribution in [0.25, 0.3) is 27.8 Å². The number of para-hydroxylation sites is 2. The highest BCUT2D eigenvalue weighted by atomic mass is 32.2. The first kappa shape index (κ1) is 21.3. The quantitative estimate of drug-likeness (QED) is 0.206. The van der Waals surface area contributed by atoms with Gasteiger partial charge in [-0.15, -0.1) is 11.8 Å². The monoisotopic (exact) mass is 451 g/mol. The Morgan fingerprint density at radius 2 is 1.70 bits per heavy atom. The molecule has 0 N–H and O–H groups in total. The molecule has 33 heavy (non-hydrogen) atoms. The molecule has 0 aliphatic carbocycles. The third-order valence-corrected chi connectivity index (χ3v) is 6.89. The van der Waals surface area contributed by atoms with Crippen LogP contribution in [0.15, 0.2) is 90.3 Å². The van der Waals surface area contributed by atoms with Crippen LogP contribution in [-0.4, -0.2) is 21.6 Å². The van der Waals surface area contributed by atoms with Crippen LogP contribution in [0.3, 0.4) is 0 Å². The minimum atomic E-state index is 0.803. The van der Waals surface area contributed by atoms with Gasteiger partial charge in [0.2, 0.25) is 0 Å². The molecule has 0 saturated heterocycles. The number of aryl methyl sites for hydroxylation is 2. The molecule has 0 amide bonds. The summed E-state index contributed by atoms with van der Waals surface area (Å²) in [5, 5.41) is 2.04. The van der Waals surface area contributed by atoms with E-state index in [-0.39, 0.29) is 0 Å². The Morgan fingerprint density at radius 3 is 2.52 bits per heavy atom. The van der Waals surface area contributed by atoms with Gasteiger partial charge in [-0.25, -0.2) is 9.97 Å². The molecule has 164 valence electrons. The Labute approximate surface area is 198 Å². The summed E-state index contributed by atoms with van der Waals surface area (Å²) in [5.74, 6) is 1.66. The normalized spacial score (nSPS) is 11.1. The summed E-state index contributed by atoms with van der Waals surface area (Å²) in [6, 6.07) is 25.1. The predicted octanol–water partition coefficient (Wildman–Crippen LogP) is 7.01. The summed E-state index contributed by atoms with van der Waals surface area (Å²) in [7, 11) is 1.70. The molecule has 0 radical (unpaired) electrons. The smallest absolute Gasteiger partial charge is 0.149 e. The van der Waals surface area contributed by atoms with E-state index in [0.29, 0.717) is 0 Å². The second kappa shape index (κ2) is 9.12. The fourth-order valence-corrected chi connectivity index (χ4v) is 5.16. The van der Waals surface area contributed by atoms with Gasteiger partial charge in [0.15, 0.2) is 0 Å². The highest BCUT2D eigenvalue weighted by Crippen LogP contribution is 2.39. The molecule has 0 saturated carbocycles. The van der Waals surface area contributed by atoms with Crippen molar-refractivity contribution in [2.24, 2.45) is 0 Å². The van der Waals surface area contributed by atoms with Gasteiger partial charge in [-0.1, -0.05) is 66.2 Å². The fourth-order valence-electron chi connectivity index (χ4n) is 4.09. The molecule has 2 aromatic heterocycles. The molecular formula is C28H25N3OS.